The molecule has 0 aliphatic rings. The van der Waals surface area contributed by atoms with Crippen LogP contribution in [0, 0.1) is 0 Å². The Morgan fingerprint density at radius 3 is 2.53 bits per heavy atom. The van der Waals surface area contributed by atoms with E-state index in [1.807, 2.05) is 0 Å². The number of halogens is 3. The molecule has 0 amide bonds. The maximum atomic E-state index is 11.1. The largest absolute Gasteiger partial charge is 0.437 e. The van der Waals surface area contributed by atoms with Crippen molar-refractivity contribution in [1.29, 1.82) is 0 Å². The molecule has 2 aromatic rings. The second kappa shape index (κ2) is 5.66. The summed E-state index contributed by atoms with van der Waals surface area (Å²) >= 11 is 9.25. The zero-order valence-electron chi connectivity index (χ0n) is 9.18. The topological polar surface area (TPSA) is 56.3 Å². The summed E-state index contributed by atoms with van der Waals surface area (Å²) in [6, 6.07) is 7.81. The van der Waals surface area contributed by atoms with Crippen molar-refractivity contribution in [2.24, 2.45) is 0 Å². The summed E-state index contributed by atoms with van der Waals surface area (Å²) in [6.07, 6.45) is 1.11. The van der Waals surface area contributed by atoms with Crippen molar-refractivity contribution in [2.45, 2.75) is 4.90 Å². The van der Waals surface area contributed by atoms with Crippen LogP contribution in [-0.4, -0.2) is 13.4 Å². The Bertz CT molecular complexity index is 704. The molecule has 0 atom stereocenters. The highest BCUT2D eigenvalue weighted by Crippen LogP contribution is 2.31. The molecular weight excluding hydrogens is 377 g/mol. The highest BCUT2D eigenvalue weighted by molar-refractivity contribution is 9.10. The van der Waals surface area contributed by atoms with Gasteiger partial charge in [0.25, 0.3) is 9.05 Å². The lowest BCUT2D eigenvalue weighted by atomic mass is 10.3. The third-order valence-corrected chi connectivity index (χ3v) is 4.24. The second-order valence-electron chi connectivity index (χ2n) is 3.45. The Labute approximate surface area is 127 Å². The normalized spacial score (nSPS) is 11.3. The molecule has 1 heterocycles. The van der Waals surface area contributed by atoms with Crippen LogP contribution < -0.4 is 4.74 Å². The van der Waals surface area contributed by atoms with Crippen molar-refractivity contribution in [3.63, 3.8) is 0 Å². The van der Waals surface area contributed by atoms with E-state index in [4.69, 9.17) is 27.0 Å². The van der Waals surface area contributed by atoms with Crippen LogP contribution in [0.25, 0.3) is 0 Å². The fourth-order valence-corrected chi connectivity index (χ4v) is 2.42. The van der Waals surface area contributed by atoms with Crippen LogP contribution in [0.15, 0.2) is 45.9 Å². The first-order valence-corrected chi connectivity index (χ1v) is 8.38. The summed E-state index contributed by atoms with van der Waals surface area (Å²) in [5, 5.41) is 0.416. The summed E-state index contributed by atoms with van der Waals surface area (Å²) in [6.45, 7) is 0. The number of rotatable bonds is 3. The molecule has 0 radical (unpaired) electrons. The van der Waals surface area contributed by atoms with Gasteiger partial charge < -0.3 is 4.74 Å². The molecule has 0 aliphatic carbocycles. The van der Waals surface area contributed by atoms with Crippen molar-refractivity contribution in [1.82, 2.24) is 4.98 Å². The lowest BCUT2D eigenvalue weighted by Gasteiger charge is -2.07. The number of pyridine rings is 1. The Morgan fingerprint density at radius 1 is 1.21 bits per heavy atom. The molecule has 4 nitrogen and oxygen atoms in total. The lowest BCUT2D eigenvalue weighted by Crippen LogP contribution is -1.93. The van der Waals surface area contributed by atoms with E-state index >= 15 is 0 Å². The molecule has 0 unspecified atom stereocenters. The van der Waals surface area contributed by atoms with Crippen LogP contribution in [0.1, 0.15) is 0 Å². The quantitative estimate of drug-likeness (QED) is 0.745. The van der Waals surface area contributed by atoms with Crippen LogP contribution in [0.4, 0.5) is 0 Å². The van der Waals surface area contributed by atoms with Crippen LogP contribution in [0.3, 0.4) is 0 Å². The Hall–Kier alpha value is -0.820. The van der Waals surface area contributed by atoms with Gasteiger partial charge in [0.15, 0.2) is 0 Å². The number of hydrogen-bond acceptors (Lipinski definition) is 4. The monoisotopic (exact) mass is 381 g/mol. The molecular formula is C11H6BrCl2NO3S. The van der Waals surface area contributed by atoms with Crippen LogP contribution >= 0.6 is 38.2 Å². The average Bonchev–Trinajstić information content (AvgIpc) is 2.33. The molecule has 0 fully saturated rings. The van der Waals surface area contributed by atoms with Gasteiger partial charge in [-0.05, 0) is 24.3 Å². The van der Waals surface area contributed by atoms with Crippen LogP contribution in [0.5, 0.6) is 11.6 Å². The number of ether oxygens (including phenoxy) is 1. The smallest absolute Gasteiger partial charge is 0.262 e. The zero-order valence-corrected chi connectivity index (χ0v) is 13.1. The van der Waals surface area contributed by atoms with Gasteiger partial charge in [0.2, 0.25) is 5.88 Å². The summed E-state index contributed by atoms with van der Waals surface area (Å²) in [7, 11) is 1.39. The SMILES string of the molecule is O=S(=O)(Cl)c1ccc(Oc2cc(Br)ccc2Cl)nc1. The van der Waals surface area contributed by atoms with Crippen molar-refractivity contribution in [2.75, 3.05) is 0 Å². The molecule has 0 bridgehead atoms. The summed E-state index contributed by atoms with van der Waals surface area (Å²) < 4.78 is 28.4. The van der Waals surface area contributed by atoms with Gasteiger partial charge in [0.05, 0.1) is 11.2 Å². The molecule has 0 aliphatic heterocycles. The van der Waals surface area contributed by atoms with Gasteiger partial charge in [0, 0.05) is 21.2 Å². The zero-order chi connectivity index (χ0) is 14.0. The van der Waals surface area contributed by atoms with Crippen molar-refractivity contribution < 1.29 is 13.2 Å². The van der Waals surface area contributed by atoms with E-state index in [0.717, 1.165) is 10.7 Å². The van der Waals surface area contributed by atoms with E-state index < -0.39 is 9.05 Å². The molecule has 100 valence electrons. The predicted octanol–water partition coefficient (Wildman–Crippen LogP) is 4.22. The number of aromatic nitrogens is 1. The molecule has 8 heteroatoms. The Kier molecular flexibility index (Phi) is 4.35. The van der Waals surface area contributed by atoms with Crippen molar-refractivity contribution in [3.8, 4) is 11.6 Å². The minimum absolute atomic E-state index is 0.0955. The van der Waals surface area contributed by atoms with E-state index in [-0.39, 0.29) is 10.8 Å². The first-order chi connectivity index (χ1) is 8.86. The number of nitrogens with zero attached hydrogens (tertiary/aromatic N) is 1. The fraction of sp³-hybridized carbons (Fsp3) is 0. The van der Waals surface area contributed by atoms with Gasteiger partial charge >= 0.3 is 0 Å². The molecule has 2 rings (SSSR count). The minimum Gasteiger partial charge on any atom is -0.437 e. The van der Waals surface area contributed by atoms with Gasteiger partial charge in [-0.3, -0.25) is 0 Å². The fourth-order valence-electron chi connectivity index (χ4n) is 1.24. The number of hydrogen-bond donors (Lipinski definition) is 0. The van der Waals surface area contributed by atoms with E-state index in [1.54, 1.807) is 18.2 Å². The molecule has 1 aromatic heterocycles. The van der Waals surface area contributed by atoms with E-state index in [1.165, 1.54) is 12.1 Å². The molecule has 19 heavy (non-hydrogen) atoms. The minimum atomic E-state index is -3.79. The Balaban J connectivity index is 2.27. The molecule has 0 saturated heterocycles. The second-order valence-corrected chi connectivity index (χ2v) is 7.34. The number of benzene rings is 1. The Morgan fingerprint density at radius 2 is 1.95 bits per heavy atom. The maximum absolute atomic E-state index is 11.1. The summed E-state index contributed by atoms with van der Waals surface area (Å²) in [4.78, 5) is 3.76. The third kappa shape index (κ3) is 3.82. The van der Waals surface area contributed by atoms with Gasteiger partial charge in [-0.15, -0.1) is 0 Å². The summed E-state index contributed by atoms with van der Waals surface area (Å²) in [5.74, 6) is 0.620. The maximum Gasteiger partial charge on any atom is 0.262 e. The van der Waals surface area contributed by atoms with E-state index in [9.17, 15) is 8.42 Å². The highest BCUT2D eigenvalue weighted by atomic mass is 79.9. The average molecular weight is 383 g/mol. The molecule has 0 spiro atoms. The van der Waals surface area contributed by atoms with Gasteiger partial charge in [-0.25, -0.2) is 13.4 Å². The van der Waals surface area contributed by atoms with Crippen molar-refractivity contribution >= 4 is 47.3 Å². The molecule has 0 saturated carbocycles. The van der Waals surface area contributed by atoms with Crippen molar-refractivity contribution in [3.05, 3.63) is 46.0 Å². The first kappa shape index (κ1) is 14.6. The van der Waals surface area contributed by atoms with Crippen LogP contribution in [0.2, 0.25) is 5.02 Å². The third-order valence-electron chi connectivity index (χ3n) is 2.10. The first-order valence-electron chi connectivity index (χ1n) is 4.90. The lowest BCUT2D eigenvalue weighted by molar-refractivity contribution is 0.462. The predicted molar refractivity (Wildman–Crippen MR) is 76.5 cm³/mol. The molecule has 1 aromatic carbocycles. The van der Waals surface area contributed by atoms with Gasteiger partial charge in [-0.1, -0.05) is 27.5 Å². The van der Waals surface area contributed by atoms with Gasteiger partial charge in [-0.2, -0.15) is 0 Å². The van der Waals surface area contributed by atoms with E-state index in [0.29, 0.717) is 10.8 Å². The summed E-state index contributed by atoms with van der Waals surface area (Å²) in [5.41, 5.74) is 0. The van der Waals surface area contributed by atoms with Gasteiger partial charge in [0.1, 0.15) is 10.6 Å². The van der Waals surface area contributed by atoms with Crippen LogP contribution in [-0.2, 0) is 9.05 Å². The standard InChI is InChI=1S/C11H6BrCl2NO3S/c12-7-1-3-9(13)10(5-7)18-11-4-2-8(6-15-11)19(14,16)17/h1-6H. The van der Waals surface area contributed by atoms with E-state index in [2.05, 4.69) is 20.9 Å². The molecule has 0 N–H and O–H groups in total. The highest BCUT2D eigenvalue weighted by Gasteiger charge is 2.11.